The molecule has 0 saturated heterocycles. The van der Waals surface area contributed by atoms with E-state index in [4.69, 9.17) is 9.47 Å². The zero-order valence-electron chi connectivity index (χ0n) is 12.6. The highest BCUT2D eigenvalue weighted by Crippen LogP contribution is 2.23. The van der Waals surface area contributed by atoms with Crippen LogP contribution in [-0.2, 0) is 9.53 Å². The van der Waals surface area contributed by atoms with E-state index in [0.717, 1.165) is 5.56 Å². The van der Waals surface area contributed by atoms with Gasteiger partial charge in [-0.2, -0.15) is 0 Å². The Balaban J connectivity index is 2.01. The monoisotopic (exact) mass is 319 g/mol. The maximum Gasteiger partial charge on any atom is 0.349 e. The molecule has 116 valence electrons. The zero-order valence-corrected chi connectivity index (χ0v) is 13.4. The Bertz CT molecular complexity index is 680. The van der Waals surface area contributed by atoms with E-state index in [-0.39, 0.29) is 0 Å². The van der Waals surface area contributed by atoms with Crippen LogP contribution in [0.15, 0.2) is 35.7 Å². The van der Waals surface area contributed by atoms with Gasteiger partial charge in [-0.15, -0.1) is 11.3 Å². The lowest BCUT2D eigenvalue weighted by atomic mass is 10.2. The quantitative estimate of drug-likeness (QED) is 0.859. The molecular weight excluding hydrogens is 302 g/mol. The number of rotatable bonds is 5. The number of benzene rings is 1. The molecule has 0 fully saturated rings. The number of carbonyl (C=O) groups is 2. The summed E-state index contributed by atoms with van der Waals surface area (Å²) < 4.78 is 10.4. The van der Waals surface area contributed by atoms with E-state index in [9.17, 15) is 9.59 Å². The number of methoxy groups -OCH3 is 1. The summed E-state index contributed by atoms with van der Waals surface area (Å²) in [5.74, 6) is -0.356. The van der Waals surface area contributed by atoms with Crippen LogP contribution in [0.4, 0.5) is 5.69 Å². The van der Waals surface area contributed by atoms with Gasteiger partial charge in [-0.05, 0) is 43.0 Å². The second-order valence-electron chi connectivity index (χ2n) is 4.67. The van der Waals surface area contributed by atoms with E-state index in [1.807, 2.05) is 18.4 Å². The van der Waals surface area contributed by atoms with Crippen LogP contribution in [0.25, 0.3) is 0 Å². The Hall–Kier alpha value is -2.34. The third kappa shape index (κ3) is 3.65. The fourth-order valence-corrected chi connectivity index (χ4v) is 2.64. The Morgan fingerprint density at radius 3 is 2.59 bits per heavy atom. The molecule has 1 aromatic heterocycles. The predicted molar refractivity (Wildman–Crippen MR) is 85.6 cm³/mol. The molecule has 0 saturated carbocycles. The maximum atomic E-state index is 12.1. The molecule has 1 unspecified atom stereocenters. The van der Waals surface area contributed by atoms with Crippen molar-refractivity contribution >= 4 is 28.9 Å². The number of esters is 1. The van der Waals surface area contributed by atoms with Crippen molar-refractivity contribution in [1.29, 1.82) is 0 Å². The lowest BCUT2D eigenvalue weighted by Gasteiger charge is -2.15. The number of amides is 1. The fraction of sp³-hybridized carbons (Fsp3) is 0.250. The molecule has 2 aromatic rings. The minimum atomic E-state index is -0.904. The number of ether oxygens (including phenoxy) is 2. The smallest absolute Gasteiger partial charge is 0.349 e. The number of hydrogen-bond acceptors (Lipinski definition) is 5. The minimum absolute atomic E-state index is 0.410. The third-order valence-corrected chi connectivity index (χ3v) is 4.06. The van der Waals surface area contributed by atoms with E-state index in [1.54, 1.807) is 24.3 Å². The lowest BCUT2D eigenvalue weighted by Crippen LogP contribution is -2.30. The van der Waals surface area contributed by atoms with Crippen molar-refractivity contribution < 1.29 is 19.1 Å². The molecule has 0 bridgehead atoms. The maximum absolute atomic E-state index is 12.1. The molecule has 6 heteroatoms. The van der Waals surface area contributed by atoms with Crippen molar-refractivity contribution in [3.8, 4) is 5.75 Å². The molecule has 1 amide bonds. The SMILES string of the molecule is COc1ccccc1NC(=O)C(C)OC(=O)c1sccc1C. The summed E-state index contributed by atoms with van der Waals surface area (Å²) in [6, 6.07) is 8.87. The average Bonchev–Trinajstić information content (AvgIpc) is 2.93. The lowest BCUT2D eigenvalue weighted by molar-refractivity contribution is -0.123. The molecule has 1 aromatic carbocycles. The van der Waals surface area contributed by atoms with Gasteiger partial charge >= 0.3 is 5.97 Å². The Kier molecular flexibility index (Phi) is 5.16. The van der Waals surface area contributed by atoms with E-state index in [0.29, 0.717) is 16.3 Å². The summed E-state index contributed by atoms with van der Waals surface area (Å²) in [4.78, 5) is 24.6. The van der Waals surface area contributed by atoms with Crippen molar-refractivity contribution in [2.45, 2.75) is 20.0 Å². The molecular formula is C16H17NO4S. The van der Waals surface area contributed by atoms with Crippen molar-refractivity contribution in [3.63, 3.8) is 0 Å². The van der Waals surface area contributed by atoms with Crippen LogP contribution in [0.1, 0.15) is 22.2 Å². The average molecular weight is 319 g/mol. The van der Waals surface area contributed by atoms with Gasteiger partial charge in [-0.3, -0.25) is 4.79 Å². The van der Waals surface area contributed by atoms with E-state index < -0.39 is 18.0 Å². The first-order chi connectivity index (χ1) is 10.5. The van der Waals surface area contributed by atoms with Crippen LogP contribution >= 0.6 is 11.3 Å². The Morgan fingerprint density at radius 2 is 1.95 bits per heavy atom. The van der Waals surface area contributed by atoms with Crippen LogP contribution in [0.2, 0.25) is 0 Å². The van der Waals surface area contributed by atoms with Gasteiger partial charge in [-0.25, -0.2) is 4.79 Å². The van der Waals surface area contributed by atoms with Gasteiger partial charge in [0.2, 0.25) is 0 Å². The molecule has 0 spiro atoms. The van der Waals surface area contributed by atoms with E-state index >= 15 is 0 Å². The minimum Gasteiger partial charge on any atom is -0.495 e. The van der Waals surface area contributed by atoms with Gasteiger partial charge < -0.3 is 14.8 Å². The zero-order chi connectivity index (χ0) is 16.1. The van der Waals surface area contributed by atoms with Gasteiger partial charge in [0.15, 0.2) is 6.10 Å². The largest absolute Gasteiger partial charge is 0.495 e. The summed E-state index contributed by atoms with van der Waals surface area (Å²) in [5, 5.41) is 4.50. The number of nitrogens with one attached hydrogen (secondary N) is 1. The van der Waals surface area contributed by atoms with Gasteiger partial charge in [0.1, 0.15) is 10.6 Å². The van der Waals surface area contributed by atoms with Crippen molar-refractivity contribution in [1.82, 2.24) is 0 Å². The highest BCUT2D eigenvalue weighted by molar-refractivity contribution is 7.12. The number of anilines is 1. The first-order valence-corrected chi connectivity index (χ1v) is 7.60. The van der Waals surface area contributed by atoms with Crippen LogP contribution in [-0.4, -0.2) is 25.1 Å². The van der Waals surface area contributed by atoms with Crippen molar-refractivity contribution in [2.24, 2.45) is 0 Å². The molecule has 1 N–H and O–H groups in total. The first-order valence-electron chi connectivity index (χ1n) is 6.72. The molecule has 2 rings (SSSR count). The van der Waals surface area contributed by atoms with E-state index in [2.05, 4.69) is 5.32 Å². The second-order valence-corrected chi connectivity index (χ2v) is 5.59. The van der Waals surface area contributed by atoms with Crippen LogP contribution in [0, 0.1) is 6.92 Å². The standard InChI is InChI=1S/C16H17NO4S/c1-10-8-9-22-14(10)16(19)21-11(2)15(18)17-12-6-4-5-7-13(12)20-3/h4-9,11H,1-3H3,(H,17,18). The summed E-state index contributed by atoms with van der Waals surface area (Å²) in [5.41, 5.74) is 1.37. The van der Waals surface area contributed by atoms with Crippen LogP contribution < -0.4 is 10.1 Å². The van der Waals surface area contributed by atoms with Crippen LogP contribution in [0.5, 0.6) is 5.75 Å². The normalized spacial score (nSPS) is 11.6. The molecule has 22 heavy (non-hydrogen) atoms. The molecule has 0 aliphatic heterocycles. The second kappa shape index (κ2) is 7.09. The molecule has 0 aliphatic rings. The number of aryl methyl sites for hydroxylation is 1. The first kappa shape index (κ1) is 16.0. The summed E-state index contributed by atoms with van der Waals surface area (Å²) in [7, 11) is 1.52. The molecule has 0 aliphatic carbocycles. The topological polar surface area (TPSA) is 64.6 Å². The molecule has 1 atom stereocenters. The summed E-state index contributed by atoms with van der Waals surface area (Å²) in [6.45, 7) is 3.36. The fourth-order valence-electron chi connectivity index (χ4n) is 1.83. The van der Waals surface area contributed by atoms with Crippen LogP contribution in [0.3, 0.4) is 0 Å². The number of thiophene rings is 1. The number of hydrogen-bond donors (Lipinski definition) is 1. The molecule has 1 heterocycles. The van der Waals surface area contributed by atoms with Gasteiger partial charge in [0.25, 0.3) is 5.91 Å². The third-order valence-electron chi connectivity index (χ3n) is 3.07. The van der Waals surface area contributed by atoms with Crippen molar-refractivity contribution in [3.05, 3.63) is 46.2 Å². The highest BCUT2D eigenvalue weighted by atomic mass is 32.1. The highest BCUT2D eigenvalue weighted by Gasteiger charge is 2.21. The Labute approximate surface area is 132 Å². The molecule has 5 nitrogen and oxygen atoms in total. The Morgan fingerprint density at radius 1 is 1.23 bits per heavy atom. The predicted octanol–water partition coefficient (Wildman–Crippen LogP) is 3.25. The van der Waals surface area contributed by atoms with Gasteiger partial charge in [-0.1, -0.05) is 12.1 Å². The number of para-hydroxylation sites is 2. The van der Waals surface area contributed by atoms with Gasteiger partial charge in [0.05, 0.1) is 12.8 Å². The summed E-state index contributed by atoms with van der Waals surface area (Å²) >= 11 is 1.30. The van der Waals surface area contributed by atoms with E-state index in [1.165, 1.54) is 25.4 Å². The van der Waals surface area contributed by atoms with Gasteiger partial charge in [0, 0.05) is 0 Å². The summed E-state index contributed by atoms with van der Waals surface area (Å²) in [6.07, 6.45) is -0.904. The number of carbonyl (C=O) groups excluding carboxylic acids is 2. The van der Waals surface area contributed by atoms with Crippen molar-refractivity contribution in [2.75, 3.05) is 12.4 Å². The molecule has 0 radical (unpaired) electrons.